The molecule has 0 saturated heterocycles. The van der Waals surface area contributed by atoms with Crippen LogP contribution in [0.4, 0.5) is 4.39 Å². The number of benzene rings is 3. The second-order valence-corrected chi connectivity index (χ2v) is 9.66. The zero-order valence-electron chi connectivity index (χ0n) is 17.1. The molecule has 33 heavy (non-hydrogen) atoms. The fourth-order valence-electron chi connectivity index (χ4n) is 3.17. The van der Waals surface area contributed by atoms with Gasteiger partial charge in [-0.2, -0.15) is 5.10 Å². The number of hydrogen-bond donors (Lipinski definition) is 1. The van der Waals surface area contributed by atoms with Crippen molar-refractivity contribution in [2.24, 2.45) is 0 Å². The predicted octanol–water partition coefficient (Wildman–Crippen LogP) is 4.74. The molecular weight excluding hydrogens is 492 g/mol. The number of ether oxygens (including phenoxy) is 1. The first-order valence-electron chi connectivity index (χ1n) is 9.49. The highest BCUT2D eigenvalue weighted by molar-refractivity contribution is 7.89. The second kappa shape index (κ2) is 9.01. The summed E-state index contributed by atoms with van der Waals surface area (Å²) in [4.78, 5) is 12.1. The Balaban J connectivity index is 1.67. The summed E-state index contributed by atoms with van der Waals surface area (Å²) in [6, 6.07) is 16.8. The maximum atomic E-state index is 14.7. The Hall–Kier alpha value is -3.14. The summed E-state index contributed by atoms with van der Waals surface area (Å²) in [5, 5.41) is 4.90. The Labute approximate surface area is 198 Å². The molecule has 1 heterocycles. The van der Waals surface area contributed by atoms with Crippen LogP contribution in [0.15, 0.2) is 60.7 Å². The topological polar surface area (TPSA) is 90.3 Å². The van der Waals surface area contributed by atoms with Crippen molar-refractivity contribution in [3.63, 3.8) is 0 Å². The number of hydrogen-bond acceptors (Lipinski definition) is 5. The summed E-state index contributed by atoms with van der Waals surface area (Å²) in [5.41, 5.74) is 1.14. The van der Waals surface area contributed by atoms with Crippen LogP contribution in [0.2, 0.25) is 10.2 Å². The Kier molecular flexibility index (Phi) is 6.29. The van der Waals surface area contributed by atoms with E-state index in [-0.39, 0.29) is 15.9 Å². The van der Waals surface area contributed by atoms with Crippen molar-refractivity contribution >= 4 is 50.0 Å². The van der Waals surface area contributed by atoms with Gasteiger partial charge in [-0.3, -0.25) is 4.79 Å². The average Bonchev–Trinajstić information content (AvgIpc) is 3.09. The molecule has 7 nitrogen and oxygen atoms in total. The molecule has 4 aromatic rings. The van der Waals surface area contributed by atoms with E-state index in [4.69, 9.17) is 27.9 Å². The van der Waals surface area contributed by atoms with Gasteiger partial charge in [0, 0.05) is 11.5 Å². The second-order valence-electron chi connectivity index (χ2n) is 7.14. The maximum absolute atomic E-state index is 14.7. The zero-order chi connectivity index (χ0) is 23.8. The lowest BCUT2D eigenvalue weighted by atomic mass is 10.1. The summed E-state index contributed by atoms with van der Waals surface area (Å²) in [7, 11) is -3.87. The molecule has 0 fully saturated rings. The molecule has 0 radical (unpaired) electrons. The van der Waals surface area contributed by atoms with Gasteiger partial charge in [-0.1, -0.05) is 53.5 Å². The highest BCUT2D eigenvalue weighted by Gasteiger charge is 2.21. The minimum absolute atomic E-state index is 0.0273. The average molecular weight is 508 g/mol. The third kappa shape index (κ3) is 5.11. The number of nitrogens with zero attached hydrogens (tertiary/aromatic N) is 2. The predicted molar refractivity (Wildman–Crippen MR) is 124 cm³/mol. The van der Waals surface area contributed by atoms with E-state index in [1.807, 2.05) is 30.3 Å². The Bertz CT molecular complexity index is 1470. The largest absolute Gasteiger partial charge is 0.489 e. The van der Waals surface area contributed by atoms with E-state index in [2.05, 4.69) is 5.10 Å². The van der Waals surface area contributed by atoms with Crippen LogP contribution in [0, 0.1) is 5.82 Å². The van der Waals surface area contributed by atoms with Gasteiger partial charge in [0.1, 0.15) is 18.2 Å². The van der Waals surface area contributed by atoms with Crippen molar-refractivity contribution in [3.8, 4) is 11.4 Å². The van der Waals surface area contributed by atoms with Gasteiger partial charge in [-0.25, -0.2) is 22.2 Å². The van der Waals surface area contributed by atoms with Gasteiger partial charge in [-0.05, 0) is 29.8 Å². The smallest absolute Gasteiger partial charge is 0.267 e. The molecule has 0 unspecified atom stereocenters. The molecule has 170 valence electrons. The molecule has 3 aromatic carbocycles. The lowest BCUT2D eigenvalue weighted by molar-refractivity contribution is 0.0978. The van der Waals surface area contributed by atoms with Crippen molar-refractivity contribution in [2.75, 3.05) is 6.26 Å². The standard InChI is InChI=1S/C22H16Cl2FN3O4S/c1-33(30,31)27-22(29)15-10-17(23)20(11-18(15)25)28-19-8-7-14(9-16(19)21(24)26-28)32-12-13-5-3-2-4-6-13/h2-11H,12H2,1H3,(H,27,29). The maximum Gasteiger partial charge on any atom is 0.267 e. The summed E-state index contributed by atoms with van der Waals surface area (Å²) in [6.07, 6.45) is 0.786. The fraction of sp³-hybridized carbons (Fsp3) is 0.0909. The van der Waals surface area contributed by atoms with Crippen molar-refractivity contribution in [1.82, 2.24) is 14.5 Å². The van der Waals surface area contributed by atoms with Crippen molar-refractivity contribution in [2.45, 2.75) is 6.61 Å². The van der Waals surface area contributed by atoms with E-state index in [1.54, 1.807) is 22.9 Å². The van der Waals surface area contributed by atoms with Crippen LogP contribution in [0.5, 0.6) is 5.75 Å². The molecule has 11 heteroatoms. The van der Waals surface area contributed by atoms with Gasteiger partial charge in [0.05, 0.1) is 28.0 Å². The van der Waals surface area contributed by atoms with Crippen LogP contribution < -0.4 is 9.46 Å². The minimum atomic E-state index is -3.87. The van der Waals surface area contributed by atoms with Crippen LogP contribution >= 0.6 is 23.2 Å². The van der Waals surface area contributed by atoms with Gasteiger partial charge in [0.15, 0.2) is 5.15 Å². The summed E-state index contributed by atoms with van der Waals surface area (Å²) >= 11 is 12.6. The number of sulfonamides is 1. The molecule has 1 N–H and O–H groups in total. The molecule has 0 atom stereocenters. The molecule has 4 rings (SSSR count). The van der Waals surface area contributed by atoms with E-state index >= 15 is 0 Å². The summed E-state index contributed by atoms with van der Waals surface area (Å²) < 4.78 is 46.1. The zero-order valence-corrected chi connectivity index (χ0v) is 19.4. The number of nitrogens with one attached hydrogen (secondary N) is 1. The van der Waals surface area contributed by atoms with E-state index < -0.39 is 27.3 Å². The van der Waals surface area contributed by atoms with E-state index in [1.165, 1.54) is 4.68 Å². The molecule has 0 spiro atoms. The Morgan fingerprint density at radius 3 is 2.55 bits per heavy atom. The summed E-state index contributed by atoms with van der Waals surface area (Å²) in [6.45, 7) is 0.367. The minimum Gasteiger partial charge on any atom is -0.489 e. The number of aromatic nitrogens is 2. The molecule has 0 aliphatic rings. The normalized spacial score (nSPS) is 11.5. The first-order chi connectivity index (χ1) is 15.6. The number of fused-ring (bicyclic) bond motifs is 1. The van der Waals surface area contributed by atoms with Crippen molar-refractivity contribution < 1.29 is 22.3 Å². The van der Waals surface area contributed by atoms with Crippen LogP contribution in [-0.4, -0.2) is 30.4 Å². The first-order valence-corrected chi connectivity index (χ1v) is 12.1. The molecule has 0 aliphatic carbocycles. The highest BCUT2D eigenvalue weighted by Crippen LogP contribution is 2.32. The number of rotatable bonds is 6. The monoisotopic (exact) mass is 507 g/mol. The molecular formula is C22H16Cl2FN3O4S. The molecule has 0 aliphatic heterocycles. The lowest BCUT2D eigenvalue weighted by Gasteiger charge is -2.10. The number of carbonyl (C=O) groups is 1. The first kappa shape index (κ1) is 23.0. The van der Waals surface area contributed by atoms with Gasteiger partial charge in [0.25, 0.3) is 5.91 Å². The highest BCUT2D eigenvalue weighted by atomic mass is 35.5. The number of carbonyl (C=O) groups excluding carboxylic acids is 1. The van der Waals surface area contributed by atoms with Crippen LogP contribution in [0.25, 0.3) is 16.6 Å². The van der Waals surface area contributed by atoms with E-state index in [9.17, 15) is 17.6 Å². The quantitative estimate of drug-likeness (QED) is 0.407. The SMILES string of the molecule is CS(=O)(=O)NC(=O)c1cc(Cl)c(-n2nc(Cl)c3cc(OCc4ccccc4)ccc32)cc1F. The molecule has 0 bridgehead atoms. The Morgan fingerprint density at radius 1 is 1.12 bits per heavy atom. The third-order valence-corrected chi connectivity index (χ3v) is 5.78. The third-order valence-electron chi connectivity index (χ3n) is 4.64. The molecule has 1 amide bonds. The van der Waals surface area contributed by atoms with Crippen molar-refractivity contribution in [1.29, 1.82) is 0 Å². The van der Waals surface area contributed by atoms with Gasteiger partial charge < -0.3 is 4.74 Å². The molecule has 0 saturated carbocycles. The number of halogens is 3. The van der Waals surface area contributed by atoms with E-state index in [0.717, 1.165) is 24.0 Å². The van der Waals surface area contributed by atoms with Crippen LogP contribution in [-0.2, 0) is 16.6 Å². The summed E-state index contributed by atoms with van der Waals surface area (Å²) in [5.74, 6) is -1.54. The van der Waals surface area contributed by atoms with Crippen LogP contribution in [0.1, 0.15) is 15.9 Å². The van der Waals surface area contributed by atoms with Gasteiger partial charge >= 0.3 is 0 Å². The van der Waals surface area contributed by atoms with Crippen LogP contribution in [0.3, 0.4) is 0 Å². The molecule has 1 aromatic heterocycles. The Morgan fingerprint density at radius 2 is 1.85 bits per heavy atom. The lowest BCUT2D eigenvalue weighted by Crippen LogP contribution is -2.30. The fourth-order valence-corrected chi connectivity index (χ4v) is 4.09. The number of amides is 1. The van der Waals surface area contributed by atoms with Gasteiger partial charge in [-0.15, -0.1) is 0 Å². The van der Waals surface area contributed by atoms with Crippen molar-refractivity contribution in [3.05, 3.63) is 87.8 Å². The van der Waals surface area contributed by atoms with E-state index in [0.29, 0.717) is 23.3 Å². The van der Waals surface area contributed by atoms with Gasteiger partial charge in [0.2, 0.25) is 10.0 Å².